The highest BCUT2D eigenvalue weighted by Crippen LogP contribution is 2.06. The fourth-order valence-electron chi connectivity index (χ4n) is 1.83. The number of nitrogens with zero attached hydrogens (tertiary/aromatic N) is 2. The molecule has 1 heterocycles. The van der Waals surface area contributed by atoms with E-state index in [1.54, 1.807) is 0 Å². The fraction of sp³-hybridized carbons (Fsp3) is 0.357. The molecule has 0 saturated carbocycles. The van der Waals surface area contributed by atoms with Crippen molar-refractivity contribution in [3.63, 3.8) is 0 Å². The summed E-state index contributed by atoms with van der Waals surface area (Å²) >= 11 is 0. The Morgan fingerprint density at radius 1 is 1.24 bits per heavy atom. The lowest BCUT2D eigenvalue weighted by Crippen LogP contribution is -2.14. The maximum atomic E-state index is 4.22. The predicted octanol–water partition coefficient (Wildman–Crippen LogP) is 2.43. The third kappa shape index (κ3) is 3.71. The van der Waals surface area contributed by atoms with Gasteiger partial charge in [0.05, 0.1) is 6.54 Å². The number of hydrogen-bond acceptors (Lipinski definition) is 2. The molecule has 1 aromatic heterocycles. The molecule has 0 atom stereocenters. The Morgan fingerprint density at radius 3 is 2.88 bits per heavy atom. The third-order valence-corrected chi connectivity index (χ3v) is 2.65. The molecule has 1 aromatic carbocycles. The third-order valence-electron chi connectivity index (χ3n) is 2.65. The van der Waals surface area contributed by atoms with Crippen LogP contribution in [0, 0.1) is 0 Å². The molecule has 0 bridgehead atoms. The predicted molar refractivity (Wildman–Crippen MR) is 69.8 cm³/mol. The van der Waals surface area contributed by atoms with Crippen molar-refractivity contribution in [2.75, 3.05) is 6.54 Å². The molecule has 2 aromatic rings. The van der Waals surface area contributed by atoms with Gasteiger partial charge >= 0.3 is 0 Å². The van der Waals surface area contributed by atoms with Crippen LogP contribution in [-0.2, 0) is 13.1 Å². The molecule has 3 nitrogen and oxygen atoms in total. The molecule has 2 rings (SSSR count). The van der Waals surface area contributed by atoms with Crippen LogP contribution in [0.15, 0.2) is 42.7 Å². The van der Waals surface area contributed by atoms with E-state index in [4.69, 9.17) is 0 Å². The first-order valence-corrected chi connectivity index (χ1v) is 6.14. The minimum atomic E-state index is 0.842. The van der Waals surface area contributed by atoms with E-state index in [9.17, 15) is 0 Å². The SMILES string of the molecule is CCCNCc1cccc(Cn2cccn2)c1. The summed E-state index contributed by atoms with van der Waals surface area (Å²) in [6.45, 7) is 5.04. The van der Waals surface area contributed by atoms with Crippen LogP contribution in [0.1, 0.15) is 24.5 Å². The number of nitrogens with one attached hydrogen (secondary N) is 1. The highest BCUT2D eigenvalue weighted by molar-refractivity contribution is 5.23. The van der Waals surface area contributed by atoms with Crippen molar-refractivity contribution in [2.45, 2.75) is 26.4 Å². The number of hydrogen-bond donors (Lipinski definition) is 1. The number of rotatable bonds is 6. The standard InChI is InChI=1S/C14H19N3/c1-2-7-15-11-13-5-3-6-14(10-13)12-17-9-4-8-16-17/h3-6,8-10,15H,2,7,11-12H2,1H3. The highest BCUT2D eigenvalue weighted by Gasteiger charge is 1.97. The first-order chi connectivity index (χ1) is 8.38. The molecule has 0 aliphatic rings. The van der Waals surface area contributed by atoms with Gasteiger partial charge in [-0.2, -0.15) is 5.10 Å². The lowest BCUT2D eigenvalue weighted by molar-refractivity contribution is 0.668. The second-order valence-corrected chi connectivity index (χ2v) is 4.20. The Kier molecular flexibility index (Phi) is 4.33. The highest BCUT2D eigenvalue weighted by atomic mass is 15.3. The van der Waals surface area contributed by atoms with Gasteiger partial charge < -0.3 is 5.32 Å². The summed E-state index contributed by atoms with van der Waals surface area (Å²) in [6.07, 6.45) is 4.97. The molecule has 3 heteroatoms. The first-order valence-electron chi connectivity index (χ1n) is 6.14. The number of aromatic nitrogens is 2. The van der Waals surface area contributed by atoms with Crippen LogP contribution < -0.4 is 5.32 Å². The maximum absolute atomic E-state index is 4.22. The van der Waals surface area contributed by atoms with E-state index in [-0.39, 0.29) is 0 Å². The van der Waals surface area contributed by atoms with E-state index < -0.39 is 0 Å². The largest absolute Gasteiger partial charge is 0.313 e. The zero-order valence-electron chi connectivity index (χ0n) is 10.3. The van der Waals surface area contributed by atoms with Gasteiger partial charge in [-0.3, -0.25) is 4.68 Å². The van der Waals surface area contributed by atoms with E-state index in [1.807, 2.05) is 23.1 Å². The Labute approximate surface area is 102 Å². The molecule has 0 radical (unpaired) electrons. The summed E-state index contributed by atoms with van der Waals surface area (Å²) in [5, 5.41) is 7.63. The van der Waals surface area contributed by atoms with E-state index >= 15 is 0 Å². The quantitative estimate of drug-likeness (QED) is 0.771. The minimum absolute atomic E-state index is 0.842. The van der Waals surface area contributed by atoms with Crippen LogP contribution in [-0.4, -0.2) is 16.3 Å². The van der Waals surface area contributed by atoms with Crippen LogP contribution >= 0.6 is 0 Å². The summed E-state index contributed by atoms with van der Waals surface area (Å²) in [7, 11) is 0. The molecule has 0 aliphatic heterocycles. The van der Waals surface area contributed by atoms with E-state index in [1.165, 1.54) is 17.5 Å². The van der Waals surface area contributed by atoms with Crippen LogP contribution in [0.3, 0.4) is 0 Å². The van der Waals surface area contributed by atoms with Gasteiger partial charge in [-0.15, -0.1) is 0 Å². The summed E-state index contributed by atoms with van der Waals surface area (Å²) in [5.74, 6) is 0. The lowest BCUT2D eigenvalue weighted by atomic mass is 10.1. The normalized spacial score (nSPS) is 10.6. The average molecular weight is 229 g/mol. The average Bonchev–Trinajstić information content (AvgIpc) is 2.83. The molecule has 0 amide bonds. The molecule has 0 saturated heterocycles. The lowest BCUT2D eigenvalue weighted by Gasteiger charge is -2.06. The van der Waals surface area contributed by atoms with E-state index in [0.717, 1.165) is 19.6 Å². The molecule has 0 spiro atoms. The zero-order valence-corrected chi connectivity index (χ0v) is 10.3. The first kappa shape index (κ1) is 11.9. The summed E-state index contributed by atoms with van der Waals surface area (Å²) < 4.78 is 1.94. The van der Waals surface area contributed by atoms with Gasteiger partial charge in [-0.25, -0.2) is 0 Å². The van der Waals surface area contributed by atoms with E-state index in [0.29, 0.717) is 0 Å². The van der Waals surface area contributed by atoms with E-state index in [2.05, 4.69) is 41.6 Å². The molecule has 0 unspecified atom stereocenters. The second kappa shape index (κ2) is 6.21. The second-order valence-electron chi connectivity index (χ2n) is 4.20. The molecule has 1 N–H and O–H groups in total. The van der Waals surface area contributed by atoms with Gasteiger partial charge in [-0.1, -0.05) is 31.2 Å². The van der Waals surface area contributed by atoms with Crippen molar-refractivity contribution >= 4 is 0 Å². The topological polar surface area (TPSA) is 29.9 Å². The van der Waals surface area contributed by atoms with Crippen molar-refractivity contribution in [3.8, 4) is 0 Å². The monoisotopic (exact) mass is 229 g/mol. The Morgan fingerprint density at radius 2 is 2.12 bits per heavy atom. The molecular weight excluding hydrogens is 210 g/mol. The van der Waals surface area contributed by atoms with Gasteiger partial charge in [0, 0.05) is 18.9 Å². The summed E-state index contributed by atoms with van der Waals surface area (Å²) in [5.41, 5.74) is 2.63. The molecular formula is C14H19N3. The Bertz CT molecular complexity index is 434. The van der Waals surface area contributed by atoms with Crippen molar-refractivity contribution in [2.24, 2.45) is 0 Å². The molecule has 0 fully saturated rings. The summed E-state index contributed by atoms with van der Waals surface area (Å²) in [4.78, 5) is 0. The molecule has 17 heavy (non-hydrogen) atoms. The smallest absolute Gasteiger partial charge is 0.0659 e. The number of benzene rings is 1. The Balaban J connectivity index is 1.96. The van der Waals surface area contributed by atoms with Gasteiger partial charge in [0.25, 0.3) is 0 Å². The zero-order chi connectivity index (χ0) is 11.9. The van der Waals surface area contributed by atoms with Crippen LogP contribution in [0.2, 0.25) is 0 Å². The summed E-state index contributed by atoms with van der Waals surface area (Å²) in [6, 6.07) is 10.6. The van der Waals surface area contributed by atoms with Crippen molar-refractivity contribution in [1.82, 2.24) is 15.1 Å². The minimum Gasteiger partial charge on any atom is -0.313 e. The molecule has 90 valence electrons. The van der Waals surface area contributed by atoms with Crippen molar-refractivity contribution in [3.05, 3.63) is 53.9 Å². The fourth-order valence-corrected chi connectivity index (χ4v) is 1.83. The van der Waals surface area contributed by atoms with Gasteiger partial charge in [0.2, 0.25) is 0 Å². The van der Waals surface area contributed by atoms with Gasteiger partial charge in [0.15, 0.2) is 0 Å². The van der Waals surface area contributed by atoms with Crippen LogP contribution in [0.5, 0.6) is 0 Å². The van der Waals surface area contributed by atoms with Crippen molar-refractivity contribution < 1.29 is 0 Å². The van der Waals surface area contributed by atoms with Gasteiger partial charge in [-0.05, 0) is 30.2 Å². The van der Waals surface area contributed by atoms with Crippen LogP contribution in [0.25, 0.3) is 0 Å². The molecule has 0 aliphatic carbocycles. The van der Waals surface area contributed by atoms with Gasteiger partial charge in [0.1, 0.15) is 0 Å². The Hall–Kier alpha value is -1.61. The van der Waals surface area contributed by atoms with Crippen molar-refractivity contribution in [1.29, 1.82) is 0 Å². The maximum Gasteiger partial charge on any atom is 0.0659 e. The van der Waals surface area contributed by atoms with Crippen LogP contribution in [0.4, 0.5) is 0 Å².